The summed E-state index contributed by atoms with van der Waals surface area (Å²) in [6.45, 7) is 11.1. The monoisotopic (exact) mass is 342 g/mol. The van der Waals surface area contributed by atoms with Gasteiger partial charge in [0.25, 0.3) is 5.91 Å². The summed E-state index contributed by atoms with van der Waals surface area (Å²) in [5.74, 6) is 0.845. The fraction of sp³-hybridized carbons (Fsp3) is 0.476. The summed E-state index contributed by atoms with van der Waals surface area (Å²) in [5.41, 5.74) is 5.41. The molecule has 1 aromatic carbocycles. The van der Waals surface area contributed by atoms with E-state index in [0.717, 1.165) is 41.1 Å². The Bertz CT molecular complexity index is 747. The number of carbonyl (C=O) groups is 1. The van der Waals surface area contributed by atoms with Crippen molar-refractivity contribution in [3.8, 4) is 5.75 Å². The maximum absolute atomic E-state index is 12.9. The molecule has 0 aliphatic carbocycles. The minimum Gasteiger partial charge on any atom is -0.497 e. The van der Waals surface area contributed by atoms with Gasteiger partial charge in [0.15, 0.2) is 0 Å². The number of nitrogens with zero attached hydrogens (tertiary/aromatic N) is 1. The van der Waals surface area contributed by atoms with Crippen molar-refractivity contribution >= 4 is 5.91 Å². The first-order valence-corrected chi connectivity index (χ1v) is 9.05. The summed E-state index contributed by atoms with van der Waals surface area (Å²) in [5, 5.41) is 3.12. The summed E-state index contributed by atoms with van der Waals surface area (Å²) in [7, 11) is 1.67. The van der Waals surface area contributed by atoms with E-state index < -0.39 is 0 Å². The molecule has 0 spiro atoms. The number of aromatic nitrogens is 1. The largest absolute Gasteiger partial charge is 0.497 e. The molecule has 0 saturated carbocycles. The van der Waals surface area contributed by atoms with Crippen LogP contribution < -0.4 is 10.1 Å². The van der Waals surface area contributed by atoms with Crippen molar-refractivity contribution in [2.24, 2.45) is 0 Å². The Morgan fingerprint density at radius 3 is 2.60 bits per heavy atom. The maximum Gasteiger partial charge on any atom is 0.268 e. The van der Waals surface area contributed by atoms with Crippen molar-refractivity contribution in [3.05, 3.63) is 52.3 Å². The minimum absolute atomic E-state index is 0.0116. The molecule has 4 nitrogen and oxygen atoms in total. The zero-order valence-corrected chi connectivity index (χ0v) is 16.3. The zero-order chi connectivity index (χ0) is 18.6. The standard InChI is InChI=1S/C21H30N2O2/c1-7-14(3)22-21(24)20-15(4)19(8-2)16(5)23(20)13-17-10-9-11-18(12-17)25-6/h9-12,14H,7-8,13H2,1-6H3,(H,22,24). The molecule has 1 atom stereocenters. The van der Waals surface area contributed by atoms with Gasteiger partial charge >= 0.3 is 0 Å². The molecule has 1 unspecified atom stereocenters. The first-order chi connectivity index (χ1) is 11.9. The van der Waals surface area contributed by atoms with Crippen molar-refractivity contribution in [2.45, 2.75) is 60.0 Å². The lowest BCUT2D eigenvalue weighted by molar-refractivity contribution is 0.0929. The van der Waals surface area contributed by atoms with Crippen LogP contribution in [0.1, 0.15) is 60.1 Å². The van der Waals surface area contributed by atoms with Crippen molar-refractivity contribution in [3.63, 3.8) is 0 Å². The molecule has 136 valence electrons. The number of benzene rings is 1. The fourth-order valence-electron chi connectivity index (χ4n) is 3.31. The van der Waals surface area contributed by atoms with Gasteiger partial charge in [-0.05, 0) is 62.4 Å². The van der Waals surface area contributed by atoms with Gasteiger partial charge in [-0.1, -0.05) is 26.0 Å². The third-order valence-electron chi connectivity index (χ3n) is 4.95. The molecule has 0 aliphatic rings. The third kappa shape index (κ3) is 4.06. The van der Waals surface area contributed by atoms with Gasteiger partial charge in [-0.25, -0.2) is 0 Å². The number of ether oxygens (including phenoxy) is 1. The summed E-state index contributed by atoms with van der Waals surface area (Å²) in [6, 6.07) is 8.18. The number of hydrogen-bond acceptors (Lipinski definition) is 2. The molecule has 2 rings (SSSR count). The summed E-state index contributed by atoms with van der Waals surface area (Å²) in [4.78, 5) is 12.9. The van der Waals surface area contributed by atoms with Crippen LogP contribution in [-0.4, -0.2) is 23.6 Å². The molecule has 0 bridgehead atoms. The van der Waals surface area contributed by atoms with Crippen LogP contribution in [0, 0.1) is 13.8 Å². The average molecular weight is 342 g/mol. The van der Waals surface area contributed by atoms with E-state index in [-0.39, 0.29) is 11.9 Å². The van der Waals surface area contributed by atoms with Gasteiger partial charge in [0.05, 0.1) is 7.11 Å². The van der Waals surface area contributed by atoms with Gasteiger partial charge in [0.1, 0.15) is 11.4 Å². The highest BCUT2D eigenvalue weighted by atomic mass is 16.5. The second-order valence-electron chi connectivity index (χ2n) is 6.61. The molecule has 0 radical (unpaired) electrons. The summed E-state index contributed by atoms with van der Waals surface area (Å²) in [6.07, 6.45) is 1.84. The highest BCUT2D eigenvalue weighted by molar-refractivity contribution is 5.95. The van der Waals surface area contributed by atoms with Gasteiger partial charge < -0.3 is 14.6 Å². The molecule has 25 heavy (non-hydrogen) atoms. The van der Waals surface area contributed by atoms with E-state index in [0.29, 0.717) is 6.54 Å². The van der Waals surface area contributed by atoms with E-state index in [1.165, 1.54) is 5.56 Å². The lowest BCUT2D eigenvalue weighted by Gasteiger charge is -2.16. The van der Waals surface area contributed by atoms with E-state index in [2.05, 4.69) is 43.6 Å². The molecule has 1 N–H and O–H groups in total. The Labute approximate surface area is 151 Å². The second-order valence-corrected chi connectivity index (χ2v) is 6.61. The highest BCUT2D eigenvalue weighted by Gasteiger charge is 2.22. The quantitative estimate of drug-likeness (QED) is 0.817. The number of amides is 1. The van der Waals surface area contributed by atoms with Gasteiger partial charge in [0, 0.05) is 18.3 Å². The Balaban J connectivity index is 2.46. The van der Waals surface area contributed by atoms with E-state index in [1.807, 2.05) is 25.1 Å². The van der Waals surface area contributed by atoms with E-state index >= 15 is 0 Å². The van der Waals surface area contributed by atoms with Crippen LogP contribution in [0.15, 0.2) is 24.3 Å². The molecule has 2 aromatic rings. The van der Waals surface area contributed by atoms with E-state index in [4.69, 9.17) is 4.74 Å². The molecule has 1 heterocycles. The highest BCUT2D eigenvalue weighted by Crippen LogP contribution is 2.25. The normalized spacial score (nSPS) is 12.1. The van der Waals surface area contributed by atoms with Gasteiger partial charge in [-0.3, -0.25) is 4.79 Å². The average Bonchev–Trinajstić information content (AvgIpc) is 2.84. The summed E-state index contributed by atoms with van der Waals surface area (Å²) < 4.78 is 7.47. The first-order valence-electron chi connectivity index (χ1n) is 9.05. The smallest absolute Gasteiger partial charge is 0.268 e. The van der Waals surface area contributed by atoms with Gasteiger partial charge in [-0.2, -0.15) is 0 Å². The topological polar surface area (TPSA) is 43.3 Å². The summed E-state index contributed by atoms with van der Waals surface area (Å²) >= 11 is 0. The number of rotatable bonds is 7. The minimum atomic E-state index is 0.0116. The maximum atomic E-state index is 12.9. The van der Waals surface area contributed by atoms with Crippen molar-refractivity contribution in [1.82, 2.24) is 9.88 Å². The molecule has 4 heteroatoms. The van der Waals surface area contributed by atoms with Crippen LogP contribution in [0.25, 0.3) is 0 Å². The molecule has 1 aromatic heterocycles. The fourth-order valence-corrected chi connectivity index (χ4v) is 3.31. The van der Waals surface area contributed by atoms with Crippen molar-refractivity contribution in [1.29, 1.82) is 0 Å². The van der Waals surface area contributed by atoms with E-state index in [1.54, 1.807) is 7.11 Å². The van der Waals surface area contributed by atoms with Gasteiger partial charge in [0.2, 0.25) is 0 Å². The Hall–Kier alpha value is -2.23. The van der Waals surface area contributed by atoms with Crippen molar-refractivity contribution in [2.75, 3.05) is 7.11 Å². The van der Waals surface area contributed by atoms with Gasteiger partial charge in [-0.15, -0.1) is 0 Å². The van der Waals surface area contributed by atoms with Crippen LogP contribution in [-0.2, 0) is 13.0 Å². The molecule has 0 saturated heterocycles. The number of methoxy groups -OCH3 is 1. The predicted octanol–water partition coefficient (Wildman–Crippen LogP) is 4.25. The predicted molar refractivity (Wildman–Crippen MR) is 103 cm³/mol. The molecular formula is C21H30N2O2. The molecule has 0 fully saturated rings. The van der Waals surface area contributed by atoms with Crippen LogP contribution >= 0.6 is 0 Å². The molecule has 1 amide bonds. The number of hydrogen-bond donors (Lipinski definition) is 1. The second kappa shape index (κ2) is 8.24. The van der Waals surface area contributed by atoms with Crippen molar-refractivity contribution < 1.29 is 9.53 Å². The lowest BCUT2D eigenvalue weighted by Crippen LogP contribution is -2.34. The Morgan fingerprint density at radius 1 is 1.28 bits per heavy atom. The van der Waals surface area contributed by atoms with E-state index in [9.17, 15) is 4.79 Å². The Kier molecular flexibility index (Phi) is 6.29. The first kappa shape index (κ1) is 19.1. The Morgan fingerprint density at radius 2 is 2.00 bits per heavy atom. The van der Waals surface area contributed by atoms with Crippen LogP contribution in [0.5, 0.6) is 5.75 Å². The third-order valence-corrected chi connectivity index (χ3v) is 4.95. The molecule has 0 aliphatic heterocycles. The SMILES string of the molecule is CCc1c(C)c(C(=O)NC(C)CC)n(Cc2cccc(OC)c2)c1C. The number of carbonyl (C=O) groups excluding carboxylic acids is 1. The number of nitrogens with one attached hydrogen (secondary N) is 1. The van der Waals surface area contributed by atoms with Crippen LogP contribution in [0.2, 0.25) is 0 Å². The van der Waals surface area contributed by atoms with Crippen LogP contribution in [0.4, 0.5) is 0 Å². The molecular weight excluding hydrogens is 312 g/mol. The van der Waals surface area contributed by atoms with Crippen LogP contribution in [0.3, 0.4) is 0 Å². The lowest BCUT2D eigenvalue weighted by atomic mass is 10.1. The zero-order valence-electron chi connectivity index (χ0n) is 16.3.